The van der Waals surface area contributed by atoms with Gasteiger partial charge in [0.15, 0.2) is 0 Å². The van der Waals surface area contributed by atoms with E-state index in [-0.39, 0.29) is 112 Å². The maximum Gasteiger partial charge on any atom is 0.410 e. The van der Waals surface area contributed by atoms with Crippen molar-refractivity contribution in [1.82, 2.24) is 31.1 Å². The number of amides is 10. The average molecular weight is 1580 g/mol. The molecule has 0 spiro atoms. The number of benzene rings is 8. The van der Waals surface area contributed by atoms with E-state index in [1.165, 1.54) is 72.2 Å². The molecule has 610 valence electrons. The summed E-state index contributed by atoms with van der Waals surface area (Å²) in [4.78, 5) is 127. The first-order valence-electron chi connectivity index (χ1n) is 38.6. The maximum absolute atomic E-state index is 15.3. The molecule has 0 unspecified atom stereocenters. The number of urea groups is 1. The van der Waals surface area contributed by atoms with Gasteiger partial charge in [0.05, 0.1) is 75.1 Å². The number of likely N-dealkylation sites (N-methyl/N-ethyl adjacent to an activating group) is 2. The lowest BCUT2D eigenvalue weighted by Crippen LogP contribution is -2.60. The standard InChI is InChI=1S/C89H104N12O15/c1-12-71(61-19-14-13-15-20-61)77(64-35-41-70(42-36-64)115-54-59-24-37-68(38-25-59)95-83(105)73(23-18-44-94-87(92)109)96-84(106)78(91)56(2)3)63-33-39-69(40-34-63)114-48-46-98(9)76(102)55-113-50-49-112-47-45-93-82(104)65-28-30-66(31-29-65)85(107)101-57(4)79(97-81(103)58(5)99(10)88(110)116-89(6,7)8)86(108)100(74-43-26-60(52-90)51-75(74)101)53-67-32-27-62-21-16-17-22-72(62)80(67)111-11/h13-17,19-22,24-43,51,56-58,73,78-79H,12,18,23,44-50,53-55,91H2,1-11H3,(H,93,104)(H,95,105)(H,96,106)(H,97,103)(H3,92,94,109)/b77-71+/t57-,58-,73-,78-,79-/m0/s1. The molecule has 8 aromatic carbocycles. The van der Waals surface area contributed by atoms with Crippen molar-refractivity contribution in [3.05, 3.63) is 226 Å². The molecule has 9 rings (SSSR count). The molecule has 1 aliphatic heterocycles. The fourth-order valence-corrected chi connectivity index (χ4v) is 13.0. The molecule has 9 N–H and O–H groups in total. The summed E-state index contributed by atoms with van der Waals surface area (Å²) in [7, 11) is 4.61. The van der Waals surface area contributed by atoms with Crippen molar-refractivity contribution < 1.29 is 71.6 Å². The fourth-order valence-electron chi connectivity index (χ4n) is 13.0. The van der Waals surface area contributed by atoms with Crippen LogP contribution in [0.5, 0.6) is 17.2 Å². The van der Waals surface area contributed by atoms with Crippen LogP contribution in [0.3, 0.4) is 0 Å². The molecule has 0 bridgehead atoms. The number of primary amides is 1. The summed E-state index contributed by atoms with van der Waals surface area (Å²) in [5.74, 6) is -1.85. The van der Waals surface area contributed by atoms with Crippen LogP contribution in [0, 0.1) is 17.2 Å². The van der Waals surface area contributed by atoms with E-state index >= 15 is 9.59 Å². The number of nitrogens with zero attached hydrogens (tertiary/aromatic N) is 5. The third kappa shape index (κ3) is 23.5. The number of anilines is 3. The number of methoxy groups -OCH3 is 1. The minimum absolute atomic E-state index is 0.0824. The van der Waals surface area contributed by atoms with Crippen LogP contribution < -0.4 is 62.1 Å². The van der Waals surface area contributed by atoms with Gasteiger partial charge in [0.1, 0.15) is 60.8 Å². The number of ether oxygens (including phenoxy) is 6. The number of nitrogens with two attached hydrogens (primary N) is 2. The van der Waals surface area contributed by atoms with Gasteiger partial charge in [-0.1, -0.05) is 124 Å². The van der Waals surface area contributed by atoms with E-state index in [0.717, 1.165) is 55.5 Å². The Bertz CT molecular complexity index is 4840. The molecule has 1 heterocycles. The van der Waals surface area contributed by atoms with Crippen LogP contribution in [0.2, 0.25) is 0 Å². The normalized spacial score (nSPS) is 14.3. The van der Waals surface area contributed by atoms with Crippen molar-refractivity contribution in [3.8, 4) is 23.3 Å². The second-order valence-corrected chi connectivity index (χ2v) is 29.4. The van der Waals surface area contributed by atoms with Gasteiger partial charge in [-0.3, -0.25) is 38.5 Å². The number of allylic oxidation sites excluding steroid dienone is 1. The Labute approximate surface area is 676 Å². The summed E-state index contributed by atoms with van der Waals surface area (Å²) >= 11 is 0. The Morgan fingerprint density at radius 2 is 1.31 bits per heavy atom. The van der Waals surface area contributed by atoms with Crippen LogP contribution in [0.1, 0.15) is 129 Å². The summed E-state index contributed by atoms with van der Waals surface area (Å²) in [5, 5.41) is 25.7. The van der Waals surface area contributed by atoms with Crippen molar-refractivity contribution in [1.29, 1.82) is 5.26 Å². The topological polar surface area (TPSA) is 358 Å². The number of carbonyl (C=O) groups excluding carboxylic acids is 9. The van der Waals surface area contributed by atoms with Crippen LogP contribution in [-0.4, -0.2) is 173 Å². The molecule has 27 nitrogen and oxygen atoms in total. The lowest BCUT2D eigenvalue weighted by molar-refractivity contribution is -0.135. The molecule has 0 radical (unpaired) electrons. The van der Waals surface area contributed by atoms with Gasteiger partial charge < -0.3 is 81.2 Å². The number of nitriles is 1. The lowest BCUT2D eigenvalue weighted by atomic mass is 9.88. The Morgan fingerprint density at radius 3 is 1.95 bits per heavy atom. The molecule has 5 atom stereocenters. The van der Waals surface area contributed by atoms with E-state index in [9.17, 15) is 38.8 Å². The summed E-state index contributed by atoms with van der Waals surface area (Å²) in [5.41, 5.74) is 18.6. The zero-order valence-electron chi connectivity index (χ0n) is 67.5. The second kappa shape index (κ2) is 41.4. The first-order valence-corrected chi connectivity index (χ1v) is 38.6. The minimum Gasteiger partial charge on any atom is -0.496 e. The highest BCUT2D eigenvalue weighted by atomic mass is 16.6. The Balaban J connectivity index is 0.739. The zero-order valence-corrected chi connectivity index (χ0v) is 67.5. The van der Waals surface area contributed by atoms with Gasteiger partial charge >= 0.3 is 12.1 Å². The molecule has 1 aliphatic rings. The first-order chi connectivity index (χ1) is 55.6. The van der Waals surface area contributed by atoms with E-state index in [2.05, 4.69) is 51.7 Å². The van der Waals surface area contributed by atoms with Crippen LogP contribution in [0.15, 0.2) is 182 Å². The number of hydrogen-bond acceptors (Lipinski definition) is 17. The zero-order chi connectivity index (χ0) is 83.8. The Kier molecular flexibility index (Phi) is 31.2. The average Bonchev–Trinajstić information content (AvgIpc) is 1.58. The van der Waals surface area contributed by atoms with Gasteiger partial charge in [0.25, 0.3) is 17.7 Å². The van der Waals surface area contributed by atoms with Crippen molar-refractivity contribution in [2.75, 3.05) is 89.0 Å². The van der Waals surface area contributed by atoms with E-state index in [0.29, 0.717) is 34.9 Å². The van der Waals surface area contributed by atoms with Crippen molar-refractivity contribution in [2.45, 2.75) is 124 Å². The molecule has 27 heteroatoms. The number of hydrogen-bond donors (Lipinski definition) is 7. The lowest BCUT2D eigenvalue weighted by Gasteiger charge is -2.34. The van der Waals surface area contributed by atoms with Crippen molar-refractivity contribution in [2.24, 2.45) is 17.4 Å². The summed E-state index contributed by atoms with van der Waals surface area (Å²) in [6, 6.07) is 51.2. The second-order valence-electron chi connectivity index (χ2n) is 29.4. The Hall–Kier alpha value is -12.6. The number of rotatable bonds is 36. The summed E-state index contributed by atoms with van der Waals surface area (Å²) < 4.78 is 35.2. The molecular weight excluding hydrogens is 1480 g/mol. The number of fused-ring (bicyclic) bond motifs is 2. The summed E-state index contributed by atoms with van der Waals surface area (Å²) in [6.45, 7) is 15.2. The van der Waals surface area contributed by atoms with Crippen LogP contribution >= 0.6 is 0 Å². The highest BCUT2D eigenvalue weighted by Crippen LogP contribution is 2.41. The van der Waals surface area contributed by atoms with E-state index < -0.39 is 83.4 Å². The molecule has 0 aliphatic carbocycles. The molecule has 0 aromatic heterocycles. The maximum atomic E-state index is 15.3. The monoisotopic (exact) mass is 1580 g/mol. The van der Waals surface area contributed by atoms with Crippen molar-refractivity contribution >= 4 is 92.5 Å². The van der Waals surface area contributed by atoms with Crippen LogP contribution in [0.4, 0.5) is 26.7 Å². The SMILES string of the molecule is CC/C(=C(/c1ccc(OCCN(C)C(=O)COCCOCCNC(=O)c2ccc(C(=O)N3c4cc(C#N)ccc4N(Cc4ccc5ccccc5c4OC)C(=O)[C@@H](NC(=O)[C@H](C)N(C)C(=O)OC(C)(C)C)[C@@H]3C)cc2)cc1)c1ccc(OCc2ccc(NC(=O)[C@H](CCCNC(N)=O)NC(=O)[C@@H](N)C(C)C)cc2)cc1)c1ccccc1. The van der Waals surface area contributed by atoms with Gasteiger partial charge in [-0.05, 0) is 177 Å². The van der Waals surface area contributed by atoms with Gasteiger partial charge in [-0.15, -0.1) is 0 Å². The highest BCUT2D eigenvalue weighted by molar-refractivity contribution is 6.14. The van der Waals surface area contributed by atoms with Gasteiger partial charge in [-0.2, -0.15) is 5.26 Å². The van der Waals surface area contributed by atoms with E-state index in [4.69, 9.17) is 39.9 Å². The quantitative estimate of drug-likeness (QED) is 0.0142. The largest absolute Gasteiger partial charge is 0.496 e. The molecular formula is C89H104N12O15. The first kappa shape index (κ1) is 87.3. The Morgan fingerprint density at radius 1 is 0.672 bits per heavy atom. The van der Waals surface area contributed by atoms with Gasteiger partial charge in [-0.25, -0.2) is 9.59 Å². The summed E-state index contributed by atoms with van der Waals surface area (Å²) in [6.07, 6.45) is 0.609. The predicted octanol–water partition coefficient (Wildman–Crippen LogP) is 11.1. The number of nitrogens with one attached hydrogen (secondary N) is 5. The van der Waals surface area contributed by atoms with E-state index in [1.54, 1.807) is 52.9 Å². The molecule has 116 heavy (non-hydrogen) atoms. The van der Waals surface area contributed by atoms with Crippen LogP contribution in [-0.2, 0) is 51.3 Å². The third-order valence-corrected chi connectivity index (χ3v) is 19.7. The van der Waals surface area contributed by atoms with Gasteiger partial charge in [0, 0.05) is 54.9 Å². The molecule has 0 saturated carbocycles. The molecule has 8 aromatic rings. The van der Waals surface area contributed by atoms with E-state index in [1.807, 2.05) is 129 Å². The molecule has 0 saturated heterocycles. The smallest absolute Gasteiger partial charge is 0.410 e. The number of carbonyl (C=O) groups is 9. The fraction of sp³-hybridized carbons (Fsp3) is 0.348. The molecule has 10 amide bonds. The third-order valence-electron chi connectivity index (χ3n) is 19.7. The minimum atomic E-state index is -1.42. The van der Waals surface area contributed by atoms with Crippen LogP contribution in [0.25, 0.3) is 21.9 Å². The van der Waals surface area contributed by atoms with Crippen molar-refractivity contribution in [3.63, 3.8) is 0 Å². The van der Waals surface area contributed by atoms with Gasteiger partial charge in [0.2, 0.25) is 23.6 Å². The predicted molar refractivity (Wildman–Crippen MR) is 445 cm³/mol. The highest BCUT2D eigenvalue weighted by Gasteiger charge is 2.44. The molecule has 0 fully saturated rings.